The predicted octanol–water partition coefficient (Wildman–Crippen LogP) is 4.19. The second-order valence-electron chi connectivity index (χ2n) is 8.49. The zero-order valence-electron chi connectivity index (χ0n) is 17.2. The molecular formula is C24H30ClN3O. The Bertz CT molecular complexity index is 822. The van der Waals surface area contributed by atoms with Crippen LogP contribution in [0.1, 0.15) is 30.4 Å². The molecule has 0 spiro atoms. The van der Waals surface area contributed by atoms with Crippen molar-refractivity contribution < 1.29 is 4.79 Å². The zero-order valence-corrected chi connectivity index (χ0v) is 17.9. The Kier molecular flexibility index (Phi) is 6.23. The molecule has 0 aromatic heterocycles. The van der Waals surface area contributed by atoms with E-state index >= 15 is 0 Å². The van der Waals surface area contributed by atoms with Gasteiger partial charge in [-0.25, -0.2) is 0 Å². The van der Waals surface area contributed by atoms with Crippen LogP contribution in [0.25, 0.3) is 0 Å². The maximum Gasteiger partial charge on any atom is 0.235 e. The summed E-state index contributed by atoms with van der Waals surface area (Å²) in [5.41, 5.74) is 2.84. The van der Waals surface area contributed by atoms with E-state index in [0.29, 0.717) is 5.02 Å². The fourth-order valence-corrected chi connectivity index (χ4v) is 4.44. The van der Waals surface area contributed by atoms with Crippen molar-refractivity contribution in [3.63, 3.8) is 0 Å². The monoisotopic (exact) mass is 411 g/mol. The largest absolute Gasteiger partial charge is 0.325 e. The minimum absolute atomic E-state index is 0.0938. The molecule has 0 bridgehead atoms. The van der Waals surface area contributed by atoms with Crippen molar-refractivity contribution in [1.29, 1.82) is 0 Å². The van der Waals surface area contributed by atoms with Gasteiger partial charge in [0.25, 0.3) is 0 Å². The van der Waals surface area contributed by atoms with Crippen molar-refractivity contribution in [1.82, 2.24) is 9.80 Å². The summed E-state index contributed by atoms with van der Waals surface area (Å²) >= 11 is 6.02. The normalized spacial score (nSPS) is 19.5. The molecule has 0 atom stereocenters. The van der Waals surface area contributed by atoms with Gasteiger partial charge in [-0.2, -0.15) is 0 Å². The van der Waals surface area contributed by atoms with Gasteiger partial charge in [0.1, 0.15) is 0 Å². The van der Waals surface area contributed by atoms with Gasteiger partial charge in [0.15, 0.2) is 0 Å². The highest BCUT2D eigenvalue weighted by molar-refractivity contribution is 6.30. The lowest BCUT2D eigenvalue weighted by Crippen LogP contribution is -2.46. The SMILES string of the molecule is CN1CCN(CCc2ccc(NC(=O)C3(c4ccc(Cl)cc4)CCC3)cc2)CC1. The average Bonchev–Trinajstić information content (AvgIpc) is 2.69. The van der Waals surface area contributed by atoms with Crippen molar-refractivity contribution in [2.75, 3.05) is 45.1 Å². The summed E-state index contributed by atoms with van der Waals surface area (Å²) in [6.45, 7) is 5.70. The number of amides is 1. The molecule has 1 N–H and O–H groups in total. The van der Waals surface area contributed by atoms with Gasteiger partial charge in [0.2, 0.25) is 5.91 Å². The third-order valence-electron chi connectivity index (χ3n) is 6.56. The minimum Gasteiger partial charge on any atom is -0.325 e. The second kappa shape index (κ2) is 8.86. The number of likely N-dealkylation sites (N-methyl/N-ethyl adjacent to an activating group) is 1. The van der Waals surface area contributed by atoms with Crippen LogP contribution in [0.3, 0.4) is 0 Å². The first-order valence-corrected chi connectivity index (χ1v) is 11.0. The maximum absolute atomic E-state index is 13.1. The van der Waals surface area contributed by atoms with Gasteiger partial charge in [-0.05, 0) is 61.7 Å². The third-order valence-corrected chi connectivity index (χ3v) is 6.81. The lowest BCUT2D eigenvalue weighted by atomic mass is 9.64. The summed E-state index contributed by atoms with van der Waals surface area (Å²) in [5, 5.41) is 3.85. The summed E-state index contributed by atoms with van der Waals surface area (Å²) < 4.78 is 0. The fourth-order valence-electron chi connectivity index (χ4n) is 4.31. The van der Waals surface area contributed by atoms with Crippen LogP contribution in [0.15, 0.2) is 48.5 Å². The van der Waals surface area contributed by atoms with E-state index in [0.717, 1.165) is 69.7 Å². The lowest BCUT2D eigenvalue weighted by molar-refractivity contribution is -0.124. The van der Waals surface area contributed by atoms with Gasteiger partial charge in [-0.15, -0.1) is 0 Å². The van der Waals surface area contributed by atoms with Gasteiger partial charge < -0.3 is 15.1 Å². The van der Waals surface area contributed by atoms with Crippen LogP contribution in [0.5, 0.6) is 0 Å². The number of rotatable bonds is 6. The van der Waals surface area contributed by atoms with Crippen LogP contribution < -0.4 is 5.32 Å². The number of anilines is 1. The molecule has 29 heavy (non-hydrogen) atoms. The van der Waals surface area contributed by atoms with E-state index in [1.807, 2.05) is 36.4 Å². The Labute approximate surface area is 178 Å². The average molecular weight is 412 g/mol. The minimum atomic E-state index is -0.412. The number of nitrogens with zero attached hydrogens (tertiary/aromatic N) is 2. The van der Waals surface area contributed by atoms with E-state index in [2.05, 4.69) is 34.3 Å². The number of hydrogen-bond donors (Lipinski definition) is 1. The topological polar surface area (TPSA) is 35.6 Å². The van der Waals surface area contributed by atoms with Gasteiger partial charge in [-0.3, -0.25) is 4.79 Å². The van der Waals surface area contributed by atoms with Crippen molar-refractivity contribution in [2.45, 2.75) is 31.1 Å². The number of carbonyl (C=O) groups is 1. The zero-order chi connectivity index (χ0) is 20.3. The Balaban J connectivity index is 1.34. The summed E-state index contributed by atoms with van der Waals surface area (Å²) in [4.78, 5) is 18.0. The van der Waals surface area contributed by atoms with E-state index < -0.39 is 5.41 Å². The number of piperazine rings is 1. The molecule has 2 aromatic rings. The molecule has 2 fully saturated rings. The molecule has 1 saturated heterocycles. The number of benzene rings is 2. The number of halogens is 1. The summed E-state index contributed by atoms with van der Waals surface area (Å²) in [7, 11) is 2.19. The predicted molar refractivity (Wildman–Crippen MR) is 120 cm³/mol. The molecule has 5 heteroatoms. The Morgan fingerprint density at radius 2 is 1.66 bits per heavy atom. The van der Waals surface area contributed by atoms with Crippen molar-refractivity contribution in [2.24, 2.45) is 0 Å². The van der Waals surface area contributed by atoms with Crippen LogP contribution in [0.2, 0.25) is 5.02 Å². The first-order chi connectivity index (χ1) is 14.0. The molecule has 1 heterocycles. The summed E-state index contributed by atoms with van der Waals surface area (Å²) in [5.74, 6) is 0.0938. The highest BCUT2D eigenvalue weighted by Gasteiger charge is 2.45. The highest BCUT2D eigenvalue weighted by Crippen LogP contribution is 2.44. The molecule has 154 valence electrons. The third kappa shape index (κ3) is 4.66. The van der Waals surface area contributed by atoms with Crippen molar-refractivity contribution in [3.05, 3.63) is 64.7 Å². The van der Waals surface area contributed by atoms with E-state index in [1.165, 1.54) is 5.56 Å². The molecule has 1 aliphatic heterocycles. The molecule has 2 aliphatic rings. The van der Waals surface area contributed by atoms with E-state index in [-0.39, 0.29) is 5.91 Å². The van der Waals surface area contributed by atoms with E-state index in [9.17, 15) is 4.79 Å². The molecule has 0 radical (unpaired) electrons. The van der Waals surface area contributed by atoms with E-state index in [1.54, 1.807) is 0 Å². The van der Waals surface area contributed by atoms with Crippen LogP contribution >= 0.6 is 11.6 Å². The quantitative estimate of drug-likeness (QED) is 0.774. The first-order valence-electron chi connectivity index (χ1n) is 10.6. The van der Waals surface area contributed by atoms with Gasteiger partial charge in [0.05, 0.1) is 5.41 Å². The first kappa shape index (κ1) is 20.4. The van der Waals surface area contributed by atoms with Crippen LogP contribution in [0.4, 0.5) is 5.69 Å². The van der Waals surface area contributed by atoms with Crippen molar-refractivity contribution >= 4 is 23.2 Å². The molecular weight excluding hydrogens is 382 g/mol. The molecule has 4 nitrogen and oxygen atoms in total. The van der Waals surface area contributed by atoms with Gasteiger partial charge >= 0.3 is 0 Å². The smallest absolute Gasteiger partial charge is 0.235 e. The molecule has 0 unspecified atom stereocenters. The second-order valence-corrected chi connectivity index (χ2v) is 8.92. The van der Waals surface area contributed by atoms with Gasteiger partial charge in [-0.1, -0.05) is 42.3 Å². The lowest BCUT2D eigenvalue weighted by Gasteiger charge is -2.40. The molecule has 4 rings (SSSR count). The molecule has 2 aromatic carbocycles. The molecule has 1 amide bonds. The number of nitrogens with one attached hydrogen (secondary N) is 1. The fraction of sp³-hybridized carbons (Fsp3) is 0.458. The maximum atomic E-state index is 13.1. The van der Waals surface area contributed by atoms with Crippen molar-refractivity contribution in [3.8, 4) is 0 Å². The Morgan fingerprint density at radius 3 is 2.24 bits per heavy atom. The summed E-state index contributed by atoms with van der Waals surface area (Å²) in [6, 6.07) is 16.1. The number of carbonyl (C=O) groups excluding carboxylic acids is 1. The highest BCUT2D eigenvalue weighted by atomic mass is 35.5. The van der Waals surface area contributed by atoms with Crippen LogP contribution in [-0.4, -0.2) is 55.5 Å². The Hall–Kier alpha value is -1.88. The standard InChI is InChI=1S/C24H30ClN3O/c1-27-15-17-28(18-16-27)14-11-19-3-9-22(10-4-19)26-23(29)24(12-2-13-24)20-5-7-21(25)8-6-20/h3-10H,2,11-18H2,1H3,(H,26,29). The van der Waals surface area contributed by atoms with Crippen LogP contribution in [-0.2, 0) is 16.6 Å². The van der Waals surface area contributed by atoms with E-state index in [4.69, 9.17) is 11.6 Å². The number of hydrogen-bond acceptors (Lipinski definition) is 3. The van der Waals surface area contributed by atoms with Gasteiger partial charge in [0, 0.05) is 43.4 Å². The molecule has 1 saturated carbocycles. The summed E-state index contributed by atoms with van der Waals surface area (Å²) in [6.07, 6.45) is 3.92. The molecule has 1 aliphatic carbocycles. The Morgan fingerprint density at radius 1 is 1.00 bits per heavy atom. The van der Waals surface area contributed by atoms with Crippen LogP contribution in [0, 0.1) is 0 Å².